The number of ether oxygens (including phenoxy) is 2. The summed E-state index contributed by atoms with van der Waals surface area (Å²) in [7, 11) is 0. The van der Waals surface area contributed by atoms with Gasteiger partial charge >= 0.3 is 0 Å². The summed E-state index contributed by atoms with van der Waals surface area (Å²) >= 11 is 0. The van der Waals surface area contributed by atoms with Gasteiger partial charge in [0.2, 0.25) is 0 Å². The Hall–Kier alpha value is -0.600. The summed E-state index contributed by atoms with van der Waals surface area (Å²) in [5, 5.41) is 0. The van der Waals surface area contributed by atoms with Gasteiger partial charge in [-0.2, -0.15) is 0 Å². The molecule has 24 heavy (non-hydrogen) atoms. The van der Waals surface area contributed by atoms with Crippen LogP contribution in [-0.2, 0) is 9.47 Å². The molecule has 2 saturated carbocycles. The third-order valence-corrected chi connectivity index (χ3v) is 6.21. The zero-order chi connectivity index (χ0) is 17.9. The Morgan fingerprint density at radius 3 is 1.46 bits per heavy atom. The van der Waals surface area contributed by atoms with Crippen LogP contribution in [0.1, 0.15) is 73.1 Å². The topological polar surface area (TPSA) is 18.5 Å². The number of rotatable bonds is 6. The molecule has 0 spiro atoms. The van der Waals surface area contributed by atoms with Gasteiger partial charge in [-0.15, -0.1) is 0 Å². The van der Waals surface area contributed by atoms with Gasteiger partial charge < -0.3 is 9.47 Å². The van der Waals surface area contributed by atoms with Gasteiger partial charge in [0, 0.05) is 0 Å². The smallest absolute Gasteiger partial charge is 0.156 e. The Morgan fingerprint density at radius 1 is 0.750 bits per heavy atom. The summed E-state index contributed by atoms with van der Waals surface area (Å²) in [4.78, 5) is 0. The summed E-state index contributed by atoms with van der Waals surface area (Å²) in [5.74, 6) is 2.90. The maximum absolute atomic E-state index is 6.27. The molecule has 0 bridgehead atoms. The maximum Gasteiger partial charge on any atom is 0.156 e. The van der Waals surface area contributed by atoms with Crippen molar-refractivity contribution in [3.8, 4) is 0 Å². The van der Waals surface area contributed by atoms with E-state index in [-0.39, 0.29) is 18.5 Å². The van der Waals surface area contributed by atoms with Gasteiger partial charge in [0.15, 0.2) is 6.29 Å². The Morgan fingerprint density at radius 2 is 1.12 bits per heavy atom. The Labute approximate surface area is 149 Å². The zero-order valence-corrected chi connectivity index (χ0v) is 16.5. The van der Waals surface area contributed by atoms with Crippen molar-refractivity contribution >= 4 is 0 Å². The van der Waals surface area contributed by atoms with Crippen LogP contribution in [0, 0.1) is 23.7 Å². The molecular formula is C22H38O2. The zero-order valence-electron chi connectivity index (χ0n) is 16.5. The van der Waals surface area contributed by atoms with Crippen LogP contribution in [0.25, 0.3) is 0 Å². The number of hydrogen-bond acceptors (Lipinski definition) is 2. The van der Waals surface area contributed by atoms with E-state index in [0.29, 0.717) is 11.8 Å². The van der Waals surface area contributed by atoms with E-state index in [4.69, 9.17) is 9.47 Å². The van der Waals surface area contributed by atoms with Crippen molar-refractivity contribution in [2.45, 2.75) is 91.6 Å². The summed E-state index contributed by atoms with van der Waals surface area (Å²) in [6, 6.07) is 0. The molecule has 0 radical (unpaired) electrons. The molecule has 2 heteroatoms. The molecule has 0 N–H and O–H groups in total. The van der Waals surface area contributed by atoms with Gasteiger partial charge in [0.05, 0.1) is 12.2 Å². The highest BCUT2D eigenvalue weighted by Crippen LogP contribution is 2.37. The first-order valence-electron chi connectivity index (χ1n) is 9.94. The van der Waals surface area contributed by atoms with E-state index in [2.05, 4.69) is 40.9 Å². The van der Waals surface area contributed by atoms with Gasteiger partial charge in [-0.1, -0.05) is 40.9 Å². The molecule has 2 aliphatic carbocycles. The SMILES string of the molecule is C=C1CCC(C(C)C)CC1OC(C)OC1CC(C(C)C)CCC1=C. The predicted octanol–water partition coefficient (Wildman–Crippen LogP) is 6.13. The monoisotopic (exact) mass is 334 g/mol. The molecule has 0 aromatic carbocycles. The van der Waals surface area contributed by atoms with E-state index in [1.54, 1.807) is 0 Å². The van der Waals surface area contributed by atoms with Gasteiger partial charge in [-0.05, 0) is 80.3 Å². The normalized spacial score (nSPS) is 33.3. The summed E-state index contributed by atoms with van der Waals surface area (Å²) in [6.45, 7) is 19.8. The second-order valence-corrected chi connectivity index (χ2v) is 8.69. The molecule has 0 aromatic rings. The first kappa shape index (κ1) is 19.7. The average molecular weight is 335 g/mol. The number of hydrogen-bond donors (Lipinski definition) is 0. The van der Waals surface area contributed by atoms with Crippen molar-refractivity contribution < 1.29 is 9.47 Å². The summed E-state index contributed by atoms with van der Waals surface area (Å²) < 4.78 is 12.5. The molecule has 2 aliphatic rings. The van der Waals surface area contributed by atoms with E-state index in [0.717, 1.165) is 37.5 Å². The minimum absolute atomic E-state index is 0.152. The van der Waals surface area contributed by atoms with Crippen LogP contribution < -0.4 is 0 Å². The first-order valence-corrected chi connectivity index (χ1v) is 9.94. The molecule has 0 amide bonds. The Bertz CT molecular complexity index is 397. The lowest BCUT2D eigenvalue weighted by molar-refractivity contribution is -0.181. The van der Waals surface area contributed by atoms with Gasteiger partial charge in [-0.25, -0.2) is 0 Å². The van der Waals surface area contributed by atoms with Crippen LogP contribution in [-0.4, -0.2) is 18.5 Å². The van der Waals surface area contributed by atoms with Crippen molar-refractivity contribution in [3.05, 3.63) is 24.3 Å². The minimum atomic E-state index is -0.190. The molecule has 2 nitrogen and oxygen atoms in total. The van der Waals surface area contributed by atoms with E-state index in [1.165, 1.54) is 24.0 Å². The first-order chi connectivity index (χ1) is 11.3. The van der Waals surface area contributed by atoms with Crippen LogP contribution >= 0.6 is 0 Å². The summed E-state index contributed by atoms with van der Waals surface area (Å²) in [5.41, 5.74) is 2.48. The lowest BCUT2D eigenvalue weighted by Gasteiger charge is -2.37. The quantitative estimate of drug-likeness (QED) is 0.430. The minimum Gasteiger partial charge on any atom is -0.345 e. The second-order valence-electron chi connectivity index (χ2n) is 8.69. The predicted molar refractivity (Wildman–Crippen MR) is 102 cm³/mol. The van der Waals surface area contributed by atoms with Gasteiger partial charge in [0.25, 0.3) is 0 Å². The lowest BCUT2D eigenvalue weighted by atomic mass is 9.78. The highest BCUT2D eigenvalue weighted by molar-refractivity contribution is 5.08. The van der Waals surface area contributed by atoms with Crippen LogP contribution in [0.15, 0.2) is 24.3 Å². The van der Waals surface area contributed by atoms with Crippen LogP contribution in [0.4, 0.5) is 0 Å². The standard InChI is InChI=1S/C22H38O2/c1-14(2)19-10-8-16(5)21(12-19)23-18(7)24-22-13-20(15(3)4)11-9-17(22)6/h14-15,18-22H,5-6,8-13H2,1-4,7H3. The van der Waals surface area contributed by atoms with Crippen molar-refractivity contribution in [2.75, 3.05) is 0 Å². The van der Waals surface area contributed by atoms with Crippen molar-refractivity contribution in [3.63, 3.8) is 0 Å². The Balaban J connectivity index is 1.88. The molecule has 0 aromatic heterocycles. The molecule has 4 unspecified atom stereocenters. The molecule has 2 rings (SSSR count). The molecule has 4 atom stereocenters. The molecule has 2 fully saturated rings. The highest BCUT2D eigenvalue weighted by atomic mass is 16.7. The van der Waals surface area contributed by atoms with Crippen molar-refractivity contribution in [2.24, 2.45) is 23.7 Å². The van der Waals surface area contributed by atoms with Crippen molar-refractivity contribution in [1.29, 1.82) is 0 Å². The molecular weight excluding hydrogens is 296 g/mol. The van der Waals surface area contributed by atoms with E-state index >= 15 is 0 Å². The Kier molecular flexibility index (Phi) is 7.12. The van der Waals surface area contributed by atoms with Crippen LogP contribution in [0.2, 0.25) is 0 Å². The van der Waals surface area contributed by atoms with Crippen molar-refractivity contribution in [1.82, 2.24) is 0 Å². The van der Waals surface area contributed by atoms with Crippen LogP contribution in [0.3, 0.4) is 0 Å². The fourth-order valence-electron chi connectivity index (χ4n) is 4.19. The van der Waals surface area contributed by atoms with Gasteiger partial charge in [-0.3, -0.25) is 0 Å². The molecule has 0 saturated heterocycles. The molecule has 0 aliphatic heterocycles. The van der Waals surface area contributed by atoms with Crippen LogP contribution in [0.5, 0.6) is 0 Å². The van der Waals surface area contributed by atoms with E-state index in [1.807, 2.05) is 6.92 Å². The van der Waals surface area contributed by atoms with E-state index < -0.39 is 0 Å². The third-order valence-electron chi connectivity index (χ3n) is 6.21. The van der Waals surface area contributed by atoms with Gasteiger partial charge in [0.1, 0.15) is 0 Å². The lowest BCUT2D eigenvalue weighted by Crippen LogP contribution is -2.35. The maximum atomic E-state index is 6.27. The third kappa shape index (κ3) is 5.20. The average Bonchev–Trinajstić information content (AvgIpc) is 2.51. The fraction of sp³-hybridized carbons (Fsp3) is 0.818. The molecule has 138 valence electrons. The largest absolute Gasteiger partial charge is 0.345 e. The highest BCUT2D eigenvalue weighted by Gasteiger charge is 2.31. The van der Waals surface area contributed by atoms with E-state index in [9.17, 15) is 0 Å². The fourth-order valence-corrected chi connectivity index (χ4v) is 4.19. The summed E-state index contributed by atoms with van der Waals surface area (Å²) in [6.07, 6.45) is 6.97. The molecule has 0 heterocycles. The second kappa shape index (κ2) is 8.67.